The van der Waals surface area contributed by atoms with Crippen LogP contribution in [0.25, 0.3) is 5.65 Å². The molecule has 9 heteroatoms. The van der Waals surface area contributed by atoms with Crippen molar-refractivity contribution < 1.29 is 27.8 Å². The fourth-order valence-electron chi connectivity index (χ4n) is 3.31. The molecule has 30 heavy (non-hydrogen) atoms. The number of rotatable bonds is 7. The smallest absolute Gasteiger partial charge is 0.433 e. The number of fused-ring (bicyclic) bond motifs is 1. The Labute approximate surface area is 170 Å². The number of aliphatic hydroxyl groups excluding tert-OH is 1. The molecule has 1 atom stereocenters. The molecule has 1 saturated carbocycles. The van der Waals surface area contributed by atoms with Gasteiger partial charge < -0.3 is 14.2 Å². The zero-order valence-electron chi connectivity index (χ0n) is 16.2. The van der Waals surface area contributed by atoms with Gasteiger partial charge in [0.25, 0.3) is 0 Å². The molecule has 0 aromatic carbocycles. The van der Waals surface area contributed by atoms with Crippen LogP contribution in [0.2, 0.25) is 0 Å². The first-order valence-corrected chi connectivity index (χ1v) is 9.66. The van der Waals surface area contributed by atoms with E-state index in [1.54, 1.807) is 29.8 Å². The maximum atomic E-state index is 12.9. The molecule has 3 aromatic heterocycles. The second-order valence-corrected chi connectivity index (χ2v) is 7.32. The standard InChI is InChI=1S/C21H20F3N3O3/c1-2-30-17-9-19-26-15(20(29)12-6-7-12)11-27(19)10-13(17)8-16(28)14-4-3-5-18(25-14)21(22,23)24/h3-5,9-12,20,29H,2,6-8H2,1H3. The van der Waals surface area contributed by atoms with Crippen molar-refractivity contribution in [1.29, 1.82) is 0 Å². The third kappa shape index (κ3) is 4.16. The third-order valence-corrected chi connectivity index (χ3v) is 5.00. The van der Waals surface area contributed by atoms with Gasteiger partial charge in [-0.2, -0.15) is 13.2 Å². The number of hydrogen-bond acceptors (Lipinski definition) is 5. The lowest BCUT2D eigenvalue weighted by molar-refractivity contribution is -0.141. The summed E-state index contributed by atoms with van der Waals surface area (Å²) in [4.78, 5) is 20.6. The molecule has 1 N–H and O–H groups in total. The number of aliphatic hydroxyl groups is 1. The number of ketones is 1. The molecule has 1 aliphatic carbocycles. The monoisotopic (exact) mass is 419 g/mol. The Kier molecular flexibility index (Phi) is 5.23. The number of imidazole rings is 1. The van der Waals surface area contributed by atoms with Crippen molar-refractivity contribution >= 4 is 11.4 Å². The predicted molar refractivity (Wildman–Crippen MR) is 101 cm³/mol. The first-order valence-electron chi connectivity index (χ1n) is 9.66. The van der Waals surface area contributed by atoms with Crippen molar-refractivity contribution in [3.63, 3.8) is 0 Å². The maximum Gasteiger partial charge on any atom is 0.433 e. The predicted octanol–water partition coefficient (Wildman–Crippen LogP) is 4.02. The summed E-state index contributed by atoms with van der Waals surface area (Å²) in [6, 6.07) is 4.91. The maximum absolute atomic E-state index is 12.9. The molecule has 0 saturated heterocycles. The number of alkyl halides is 3. The van der Waals surface area contributed by atoms with Crippen LogP contribution in [0.3, 0.4) is 0 Å². The molecule has 6 nitrogen and oxygen atoms in total. The van der Waals surface area contributed by atoms with E-state index >= 15 is 0 Å². The number of hydrogen-bond donors (Lipinski definition) is 1. The topological polar surface area (TPSA) is 76.7 Å². The van der Waals surface area contributed by atoms with Gasteiger partial charge in [-0.25, -0.2) is 9.97 Å². The molecule has 0 spiro atoms. The quantitative estimate of drug-likeness (QED) is 0.586. The second kappa shape index (κ2) is 7.71. The minimum Gasteiger partial charge on any atom is -0.493 e. The number of ether oxygens (including phenoxy) is 1. The number of nitrogens with zero attached hydrogens (tertiary/aromatic N) is 3. The van der Waals surface area contributed by atoms with Gasteiger partial charge in [-0.05, 0) is 37.8 Å². The summed E-state index contributed by atoms with van der Waals surface area (Å²) in [5.41, 5.74) is 0.230. The number of halogens is 3. The number of aromatic nitrogens is 3. The van der Waals surface area contributed by atoms with Crippen LogP contribution in [0.5, 0.6) is 5.75 Å². The van der Waals surface area contributed by atoms with Crippen molar-refractivity contribution in [3.05, 3.63) is 59.3 Å². The van der Waals surface area contributed by atoms with E-state index in [2.05, 4.69) is 9.97 Å². The van der Waals surface area contributed by atoms with Crippen molar-refractivity contribution in [2.45, 2.75) is 38.5 Å². The molecule has 0 bridgehead atoms. The normalized spacial score (nSPS) is 15.4. The van der Waals surface area contributed by atoms with Crippen molar-refractivity contribution in [3.8, 4) is 5.75 Å². The van der Waals surface area contributed by atoms with Gasteiger partial charge in [0.05, 0.1) is 12.3 Å². The number of carbonyl (C=O) groups is 1. The summed E-state index contributed by atoms with van der Waals surface area (Å²) in [6.45, 7) is 2.13. The molecule has 1 aliphatic rings. The van der Waals surface area contributed by atoms with Gasteiger partial charge in [0.15, 0.2) is 5.78 Å². The van der Waals surface area contributed by atoms with Gasteiger partial charge >= 0.3 is 6.18 Å². The van der Waals surface area contributed by atoms with Crippen molar-refractivity contribution in [2.75, 3.05) is 6.61 Å². The average molecular weight is 419 g/mol. The Morgan fingerprint density at radius 2 is 2.07 bits per heavy atom. The highest BCUT2D eigenvalue weighted by atomic mass is 19.4. The van der Waals surface area contributed by atoms with E-state index in [4.69, 9.17) is 4.74 Å². The van der Waals surface area contributed by atoms with E-state index in [0.717, 1.165) is 25.0 Å². The van der Waals surface area contributed by atoms with Crippen LogP contribution in [-0.2, 0) is 12.6 Å². The lowest BCUT2D eigenvalue weighted by Crippen LogP contribution is -2.13. The Morgan fingerprint density at radius 3 is 2.73 bits per heavy atom. The Hall–Kier alpha value is -2.94. The zero-order chi connectivity index (χ0) is 21.5. The largest absolute Gasteiger partial charge is 0.493 e. The van der Waals surface area contributed by atoms with Crippen LogP contribution < -0.4 is 4.74 Å². The van der Waals surface area contributed by atoms with Crippen LogP contribution in [0, 0.1) is 5.92 Å². The molecular weight excluding hydrogens is 399 g/mol. The minimum absolute atomic E-state index is 0.182. The summed E-state index contributed by atoms with van der Waals surface area (Å²) in [5.74, 6) is 0.0810. The van der Waals surface area contributed by atoms with Crippen LogP contribution in [0.1, 0.15) is 53.3 Å². The van der Waals surface area contributed by atoms with Crippen LogP contribution >= 0.6 is 0 Å². The van der Waals surface area contributed by atoms with E-state index in [-0.39, 0.29) is 18.0 Å². The second-order valence-electron chi connectivity index (χ2n) is 7.32. The molecule has 3 aromatic rings. The van der Waals surface area contributed by atoms with Gasteiger partial charge in [-0.3, -0.25) is 4.79 Å². The van der Waals surface area contributed by atoms with Crippen molar-refractivity contribution in [2.24, 2.45) is 5.92 Å². The average Bonchev–Trinajstić information content (AvgIpc) is 3.47. The van der Waals surface area contributed by atoms with Gasteiger partial charge in [-0.15, -0.1) is 0 Å². The first kappa shape index (κ1) is 20.3. The molecule has 3 heterocycles. The fraction of sp³-hybridized carbons (Fsp3) is 0.381. The first-order chi connectivity index (χ1) is 14.3. The highest BCUT2D eigenvalue weighted by Crippen LogP contribution is 2.40. The number of Topliss-reactive ketones (excluding diaryl/α,β-unsaturated/α-hetero) is 1. The van der Waals surface area contributed by atoms with Crippen LogP contribution in [0.4, 0.5) is 13.2 Å². The fourth-order valence-corrected chi connectivity index (χ4v) is 3.31. The van der Waals surface area contributed by atoms with Gasteiger partial charge in [-0.1, -0.05) is 6.07 Å². The molecule has 0 radical (unpaired) electrons. The van der Waals surface area contributed by atoms with Crippen molar-refractivity contribution in [1.82, 2.24) is 14.4 Å². The molecule has 1 unspecified atom stereocenters. The zero-order valence-corrected chi connectivity index (χ0v) is 16.2. The molecule has 0 amide bonds. The van der Waals surface area contributed by atoms with E-state index in [9.17, 15) is 23.1 Å². The molecule has 1 fully saturated rings. The van der Waals surface area contributed by atoms with Gasteiger partial charge in [0.2, 0.25) is 0 Å². The van der Waals surface area contributed by atoms with E-state index in [0.29, 0.717) is 29.3 Å². The lowest BCUT2D eigenvalue weighted by Gasteiger charge is -2.11. The van der Waals surface area contributed by atoms with E-state index in [1.165, 1.54) is 6.07 Å². The SMILES string of the molecule is CCOc1cc2nc(C(O)C3CC3)cn2cc1CC(=O)c1cccc(C(F)(F)F)n1. The summed E-state index contributed by atoms with van der Waals surface area (Å²) in [6.07, 6.45) is -0.169. The third-order valence-electron chi connectivity index (χ3n) is 5.00. The van der Waals surface area contributed by atoms with Gasteiger partial charge in [0, 0.05) is 30.4 Å². The molecule has 158 valence electrons. The molecule has 4 rings (SSSR count). The Balaban J connectivity index is 1.65. The number of pyridine rings is 2. The van der Waals surface area contributed by atoms with Crippen LogP contribution in [-0.4, -0.2) is 31.9 Å². The Bertz CT molecular complexity index is 1090. The summed E-state index contributed by atoms with van der Waals surface area (Å²) >= 11 is 0. The highest BCUT2D eigenvalue weighted by molar-refractivity contribution is 5.96. The van der Waals surface area contributed by atoms with E-state index in [1.807, 2.05) is 0 Å². The van der Waals surface area contributed by atoms with Crippen LogP contribution in [0.15, 0.2) is 36.7 Å². The highest BCUT2D eigenvalue weighted by Gasteiger charge is 2.33. The minimum atomic E-state index is -4.62. The van der Waals surface area contributed by atoms with Gasteiger partial charge in [0.1, 0.15) is 28.9 Å². The molecular formula is C21H20F3N3O3. The molecule has 0 aliphatic heterocycles. The summed E-state index contributed by atoms with van der Waals surface area (Å²) < 4.78 is 46.0. The lowest BCUT2D eigenvalue weighted by atomic mass is 10.1. The Morgan fingerprint density at radius 1 is 1.30 bits per heavy atom. The summed E-state index contributed by atoms with van der Waals surface area (Å²) in [7, 11) is 0. The number of carbonyl (C=O) groups excluding carboxylic acids is 1. The van der Waals surface area contributed by atoms with E-state index < -0.39 is 23.8 Å². The summed E-state index contributed by atoms with van der Waals surface area (Å²) in [5, 5.41) is 10.3.